The lowest BCUT2D eigenvalue weighted by molar-refractivity contribution is 0.413. The Morgan fingerprint density at radius 1 is 0.840 bits per heavy atom. The van der Waals surface area contributed by atoms with Crippen LogP contribution >= 0.6 is 0 Å². The Morgan fingerprint density at radius 3 is 2.56 bits per heavy atom. The summed E-state index contributed by atoms with van der Waals surface area (Å²) in [6, 6.07) is 15.9. The average Bonchev–Trinajstić information content (AvgIpc) is 3.19. The molecule has 0 spiro atoms. The number of benzene rings is 1. The topological polar surface area (TPSA) is 63.7 Å². The third kappa shape index (κ3) is 3.12. The van der Waals surface area contributed by atoms with E-state index in [9.17, 15) is 0 Å². The van der Waals surface area contributed by atoms with Gasteiger partial charge in [0.15, 0.2) is 0 Å². The van der Waals surface area contributed by atoms with E-state index in [1.165, 1.54) is 0 Å². The minimum atomic E-state index is 0.726. The molecule has 0 saturated carbocycles. The molecule has 1 aromatic carbocycles. The van der Waals surface area contributed by atoms with Gasteiger partial charge in [0.1, 0.15) is 11.6 Å². The largest absolute Gasteiger partial charge is 0.495 e. The van der Waals surface area contributed by atoms with E-state index in [2.05, 4.69) is 19.9 Å². The number of imidazole rings is 1. The van der Waals surface area contributed by atoms with Crippen molar-refractivity contribution in [3.8, 4) is 39.7 Å². The van der Waals surface area contributed by atoms with Gasteiger partial charge in [0, 0.05) is 23.5 Å². The van der Waals surface area contributed by atoms with Gasteiger partial charge in [0.2, 0.25) is 0 Å². The van der Waals surface area contributed by atoms with E-state index < -0.39 is 0 Å². The number of H-pyrrole nitrogens is 1. The standard InChI is InChI=1S/C20H16N4O/c1-25-17-9-16(11-21-12-17)15-7-8-22-18(10-15)19-13-23-20(24-19)14-5-3-2-4-6-14/h2-13H,1H3,(H,23,24). The first-order valence-corrected chi connectivity index (χ1v) is 7.90. The summed E-state index contributed by atoms with van der Waals surface area (Å²) in [6.45, 7) is 0. The van der Waals surface area contributed by atoms with Crippen LogP contribution in [0.5, 0.6) is 5.75 Å². The summed E-state index contributed by atoms with van der Waals surface area (Å²) < 4.78 is 5.25. The van der Waals surface area contributed by atoms with E-state index >= 15 is 0 Å². The summed E-state index contributed by atoms with van der Waals surface area (Å²) in [5.41, 5.74) is 4.74. The van der Waals surface area contributed by atoms with Crippen molar-refractivity contribution >= 4 is 0 Å². The van der Waals surface area contributed by atoms with Crippen molar-refractivity contribution in [2.24, 2.45) is 0 Å². The van der Waals surface area contributed by atoms with E-state index in [4.69, 9.17) is 4.74 Å². The van der Waals surface area contributed by atoms with Crippen molar-refractivity contribution in [1.82, 2.24) is 19.9 Å². The first kappa shape index (κ1) is 15.1. The van der Waals surface area contributed by atoms with Crippen LogP contribution in [0.1, 0.15) is 0 Å². The summed E-state index contributed by atoms with van der Waals surface area (Å²) in [7, 11) is 1.63. The number of nitrogens with one attached hydrogen (secondary N) is 1. The van der Waals surface area contributed by atoms with E-state index in [0.29, 0.717) is 0 Å². The van der Waals surface area contributed by atoms with Crippen molar-refractivity contribution < 1.29 is 4.74 Å². The third-order valence-corrected chi connectivity index (χ3v) is 3.94. The predicted octanol–water partition coefficient (Wildman–Crippen LogP) is 4.21. The van der Waals surface area contributed by atoms with Gasteiger partial charge in [-0.05, 0) is 23.8 Å². The average molecular weight is 328 g/mol. The van der Waals surface area contributed by atoms with Crippen LogP contribution in [0.4, 0.5) is 0 Å². The second-order valence-electron chi connectivity index (χ2n) is 5.55. The third-order valence-electron chi connectivity index (χ3n) is 3.94. The maximum absolute atomic E-state index is 5.25. The Labute approximate surface area is 145 Å². The smallest absolute Gasteiger partial charge is 0.137 e. The van der Waals surface area contributed by atoms with Crippen LogP contribution < -0.4 is 4.74 Å². The normalized spacial score (nSPS) is 10.6. The fourth-order valence-electron chi connectivity index (χ4n) is 2.64. The summed E-state index contributed by atoms with van der Waals surface area (Å²) in [5.74, 6) is 1.55. The quantitative estimate of drug-likeness (QED) is 0.609. The molecule has 0 aliphatic carbocycles. The molecule has 0 aliphatic rings. The molecule has 0 fully saturated rings. The van der Waals surface area contributed by atoms with E-state index in [1.807, 2.05) is 54.7 Å². The van der Waals surface area contributed by atoms with Crippen molar-refractivity contribution in [2.45, 2.75) is 0 Å². The van der Waals surface area contributed by atoms with Gasteiger partial charge in [-0.2, -0.15) is 0 Å². The van der Waals surface area contributed by atoms with E-state index in [0.717, 1.165) is 39.7 Å². The minimum Gasteiger partial charge on any atom is -0.495 e. The molecular weight excluding hydrogens is 312 g/mol. The van der Waals surface area contributed by atoms with Gasteiger partial charge in [-0.25, -0.2) is 4.98 Å². The zero-order valence-corrected chi connectivity index (χ0v) is 13.7. The van der Waals surface area contributed by atoms with Crippen molar-refractivity contribution in [2.75, 3.05) is 7.11 Å². The lowest BCUT2D eigenvalue weighted by Crippen LogP contribution is -1.88. The van der Waals surface area contributed by atoms with E-state index in [-0.39, 0.29) is 0 Å². The number of rotatable bonds is 4. The first-order chi connectivity index (χ1) is 12.3. The molecule has 0 saturated heterocycles. The van der Waals surface area contributed by atoms with Gasteiger partial charge >= 0.3 is 0 Å². The Bertz CT molecular complexity index is 995. The first-order valence-electron chi connectivity index (χ1n) is 7.90. The summed E-state index contributed by atoms with van der Waals surface area (Å²) >= 11 is 0. The Hall–Kier alpha value is -3.47. The molecule has 5 nitrogen and oxygen atoms in total. The fourth-order valence-corrected chi connectivity index (χ4v) is 2.64. The van der Waals surface area contributed by atoms with Gasteiger partial charge in [0.05, 0.1) is 30.9 Å². The SMILES string of the molecule is COc1cncc(-c2ccnc(-c3cnc(-c4ccccc4)[nH]3)c2)c1. The van der Waals surface area contributed by atoms with Gasteiger partial charge < -0.3 is 9.72 Å². The zero-order chi connectivity index (χ0) is 17.1. The molecule has 0 bridgehead atoms. The number of aromatic amines is 1. The number of hydrogen-bond donors (Lipinski definition) is 1. The summed E-state index contributed by atoms with van der Waals surface area (Å²) in [4.78, 5) is 16.5. The molecule has 0 aliphatic heterocycles. The van der Waals surface area contributed by atoms with Crippen LogP contribution in [-0.2, 0) is 0 Å². The molecule has 0 amide bonds. The van der Waals surface area contributed by atoms with Gasteiger partial charge in [0.25, 0.3) is 0 Å². The summed E-state index contributed by atoms with van der Waals surface area (Å²) in [5, 5.41) is 0. The number of methoxy groups -OCH3 is 1. The molecule has 122 valence electrons. The molecule has 25 heavy (non-hydrogen) atoms. The highest BCUT2D eigenvalue weighted by Crippen LogP contribution is 2.26. The molecule has 1 N–H and O–H groups in total. The number of aromatic nitrogens is 4. The number of hydrogen-bond acceptors (Lipinski definition) is 4. The van der Waals surface area contributed by atoms with Gasteiger partial charge in [-0.1, -0.05) is 30.3 Å². The van der Waals surface area contributed by atoms with Gasteiger partial charge in [-0.15, -0.1) is 0 Å². The van der Waals surface area contributed by atoms with Crippen LogP contribution in [-0.4, -0.2) is 27.0 Å². The van der Waals surface area contributed by atoms with Crippen molar-refractivity contribution in [1.29, 1.82) is 0 Å². The van der Waals surface area contributed by atoms with Crippen molar-refractivity contribution in [3.63, 3.8) is 0 Å². The second kappa shape index (κ2) is 6.57. The van der Waals surface area contributed by atoms with Gasteiger partial charge in [-0.3, -0.25) is 9.97 Å². The predicted molar refractivity (Wildman–Crippen MR) is 97.0 cm³/mol. The molecule has 5 heteroatoms. The lowest BCUT2D eigenvalue weighted by atomic mass is 10.1. The molecule has 3 heterocycles. The Morgan fingerprint density at radius 2 is 1.72 bits per heavy atom. The highest BCUT2D eigenvalue weighted by molar-refractivity contribution is 5.70. The van der Waals surface area contributed by atoms with E-state index in [1.54, 1.807) is 25.7 Å². The molecule has 4 rings (SSSR count). The highest BCUT2D eigenvalue weighted by Gasteiger charge is 2.08. The van der Waals surface area contributed by atoms with Crippen LogP contribution in [0.2, 0.25) is 0 Å². The fraction of sp³-hybridized carbons (Fsp3) is 0.0500. The zero-order valence-electron chi connectivity index (χ0n) is 13.7. The maximum atomic E-state index is 5.25. The molecule has 0 radical (unpaired) electrons. The Balaban J connectivity index is 1.69. The highest BCUT2D eigenvalue weighted by atomic mass is 16.5. The molecular formula is C20H16N4O. The molecule has 0 unspecified atom stereocenters. The summed E-state index contributed by atoms with van der Waals surface area (Å²) in [6.07, 6.45) is 7.09. The maximum Gasteiger partial charge on any atom is 0.137 e. The minimum absolute atomic E-state index is 0.726. The molecule has 3 aromatic heterocycles. The number of ether oxygens (including phenoxy) is 1. The van der Waals surface area contributed by atoms with Crippen LogP contribution in [0.15, 0.2) is 73.3 Å². The number of pyridine rings is 2. The van der Waals surface area contributed by atoms with Crippen LogP contribution in [0, 0.1) is 0 Å². The van der Waals surface area contributed by atoms with Crippen LogP contribution in [0.3, 0.4) is 0 Å². The lowest BCUT2D eigenvalue weighted by Gasteiger charge is -2.05. The van der Waals surface area contributed by atoms with Crippen LogP contribution in [0.25, 0.3) is 33.9 Å². The van der Waals surface area contributed by atoms with Crippen molar-refractivity contribution in [3.05, 3.63) is 73.3 Å². The second-order valence-corrected chi connectivity index (χ2v) is 5.55. The molecule has 4 aromatic rings. The Kier molecular flexibility index (Phi) is 3.96. The number of nitrogens with zero attached hydrogens (tertiary/aromatic N) is 3. The monoisotopic (exact) mass is 328 g/mol. The molecule has 0 atom stereocenters.